The van der Waals surface area contributed by atoms with Crippen molar-refractivity contribution in [2.75, 3.05) is 6.61 Å². The summed E-state index contributed by atoms with van der Waals surface area (Å²) in [6, 6.07) is 0. The maximum Gasteiger partial charge on any atom is 0.106 e. The first-order chi connectivity index (χ1) is 5.74. The second-order valence-electron chi connectivity index (χ2n) is 3.49. The zero-order valence-corrected chi connectivity index (χ0v) is 8.05. The lowest BCUT2D eigenvalue weighted by atomic mass is 9.91. The second kappa shape index (κ2) is 4.63. The van der Waals surface area contributed by atoms with Crippen LogP contribution in [0, 0.1) is 5.92 Å². The van der Waals surface area contributed by atoms with Crippen molar-refractivity contribution in [2.24, 2.45) is 11.7 Å². The fourth-order valence-electron chi connectivity index (χ4n) is 1.73. The predicted molar refractivity (Wildman–Crippen MR) is 50.7 cm³/mol. The van der Waals surface area contributed by atoms with Crippen molar-refractivity contribution in [3.63, 3.8) is 0 Å². The smallest absolute Gasteiger partial charge is 0.106 e. The van der Waals surface area contributed by atoms with Crippen LogP contribution in [0.4, 0.5) is 0 Å². The lowest BCUT2D eigenvalue weighted by Gasteiger charge is -2.27. The van der Waals surface area contributed by atoms with Crippen LogP contribution in [0.2, 0.25) is 0 Å². The molecule has 70 valence electrons. The molecule has 0 amide bonds. The first kappa shape index (κ1) is 9.75. The Balaban J connectivity index is 2.45. The second-order valence-corrected chi connectivity index (χ2v) is 3.49. The van der Waals surface area contributed by atoms with Gasteiger partial charge < -0.3 is 10.5 Å². The minimum atomic E-state index is -0.0380. The monoisotopic (exact) mass is 169 g/mol. The average molecular weight is 169 g/mol. The Kier molecular flexibility index (Phi) is 3.76. The molecule has 0 bridgehead atoms. The molecule has 2 N–H and O–H groups in total. The van der Waals surface area contributed by atoms with E-state index in [0.29, 0.717) is 5.92 Å². The van der Waals surface area contributed by atoms with Gasteiger partial charge >= 0.3 is 0 Å². The largest absolute Gasteiger partial charge is 0.364 e. The first-order valence-electron chi connectivity index (χ1n) is 4.78. The summed E-state index contributed by atoms with van der Waals surface area (Å²) in [7, 11) is 0. The van der Waals surface area contributed by atoms with E-state index >= 15 is 0 Å². The molecular weight excluding hydrogens is 150 g/mol. The zero-order chi connectivity index (χ0) is 8.97. The lowest BCUT2D eigenvalue weighted by Crippen LogP contribution is -2.32. The molecule has 0 saturated carbocycles. The quantitative estimate of drug-likeness (QED) is 0.642. The third-order valence-corrected chi connectivity index (χ3v) is 2.49. The summed E-state index contributed by atoms with van der Waals surface area (Å²) in [5, 5.41) is 0. The Bertz CT molecular complexity index is 165. The lowest BCUT2D eigenvalue weighted by molar-refractivity contribution is 0.00283. The third-order valence-electron chi connectivity index (χ3n) is 2.49. The van der Waals surface area contributed by atoms with Gasteiger partial charge in [0.1, 0.15) is 6.23 Å². The summed E-state index contributed by atoms with van der Waals surface area (Å²) in [6.07, 6.45) is 5.50. The zero-order valence-electron chi connectivity index (χ0n) is 8.05. The summed E-state index contributed by atoms with van der Waals surface area (Å²) >= 11 is 0. The van der Waals surface area contributed by atoms with Crippen molar-refractivity contribution in [3.05, 3.63) is 11.6 Å². The van der Waals surface area contributed by atoms with Gasteiger partial charge in [0.2, 0.25) is 0 Å². The molecule has 1 aliphatic heterocycles. The molecule has 2 atom stereocenters. The predicted octanol–water partition coefficient (Wildman–Crippen LogP) is 2.05. The van der Waals surface area contributed by atoms with E-state index in [1.165, 1.54) is 5.57 Å². The molecule has 2 heteroatoms. The van der Waals surface area contributed by atoms with Gasteiger partial charge in [-0.1, -0.05) is 18.6 Å². The van der Waals surface area contributed by atoms with Crippen molar-refractivity contribution in [1.29, 1.82) is 0 Å². The van der Waals surface area contributed by atoms with Crippen LogP contribution in [0.3, 0.4) is 0 Å². The molecule has 1 heterocycles. The van der Waals surface area contributed by atoms with Gasteiger partial charge in [-0.2, -0.15) is 0 Å². The molecule has 2 nitrogen and oxygen atoms in total. The topological polar surface area (TPSA) is 35.2 Å². The number of hydrogen-bond acceptors (Lipinski definition) is 2. The van der Waals surface area contributed by atoms with Crippen LogP contribution in [-0.2, 0) is 4.74 Å². The van der Waals surface area contributed by atoms with Gasteiger partial charge in [-0.05, 0) is 32.1 Å². The molecule has 2 unspecified atom stereocenters. The summed E-state index contributed by atoms with van der Waals surface area (Å²) < 4.78 is 5.29. The average Bonchev–Trinajstić information content (AvgIpc) is 2.05. The van der Waals surface area contributed by atoms with Crippen molar-refractivity contribution < 1.29 is 4.74 Å². The molecule has 1 rings (SSSR count). The Hall–Kier alpha value is -0.340. The molecule has 1 saturated heterocycles. The molecule has 0 aromatic carbocycles. The molecule has 0 spiro atoms. The molecule has 1 aliphatic rings. The highest BCUT2D eigenvalue weighted by atomic mass is 16.5. The number of rotatable bonds is 2. The number of ether oxygens (including phenoxy) is 1. The summed E-state index contributed by atoms with van der Waals surface area (Å²) in [6.45, 7) is 5.19. The molecule has 0 aromatic heterocycles. The van der Waals surface area contributed by atoms with Crippen molar-refractivity contribution >= 4 is 0 Å². The van der Waals surface area contributed by atoms with E-state index in [2.05, 4.69) is 19.9 Å². The number of allylic oxidation sites excluding steroid dienone is 2. The Labute approximate surface area is 74.8 Å². The van der Waals surface area contributed by atoms with Crippen LogP contribution < -0.4 is 5.73 Å². The van der Waals surface area contributed by atoms with Crippen LogP contribution in [0.1, 0.15) is 33.1 Å². The van der Waals surface area contributed by atoms with E-state index in [1.54, 1.807) is 0 Å². The highest BCUT2D eigenvalue weighted by Crippen LogP contribution is 2.24. The highest BCUT2D eigenvalue weighted by Gasteiger charge is 2.20. The van der Waals surface area contributed by atoms with Gasteiger partial charge in [-0.25, -0.2) is 0 Å². The van der Waals surface area contributed by atoms with Crippen molar-refractivity contribution in [3.8, 4) is 0 Å². The molecule has 0 aromatic rings. The van der Waals surface area contributed by atoms with Gasteiger partial charge in [0.25, 0.3) is 0 Å². The molecule has 12 heavy (non-hydrogen) atoms. The Morgan fingerprint density at radius 1 is 1.67 bits per heavy atom. The fourth-order valence-corrected chi connectivity index (χ4v) is 1.73. The standard InChI is InChI=1S/C10H19NO/c1-3-4-8(2)9-5-6-12-10(11)7-9/h4,9-10H,3,5-7,11H2,1-2H3/b8-4+. The van der Waals surface area contributed by atoms with Gasteiger partial charge in [-0.3, -0.25) is 0 Å². The maximum atomic E-state index is 5.71. The van der Waals surface area contributed by atoms with E-state index in [4.69, 9.17) is 10.5 Å². The van der Waals surface area contributed by atoms with Crippen LogP contribution in [0.15, 0.2) is 11.6 Å². The molecule has 0 aliphatic carbocycles. The molecule has 0 radical (unpaired) electrons. The van der Waals surface area contributed by atoms with Crippen LogP contribution in [-0.4, -0.2) is 12.8 Å². The normalized spacial score (nSPS) is 32.1. The Morgan fingerprint density at radius 2 is 2.42 bits per heavy atom. The van der Waals surface area contributed by atoms with Gasteiger partial charge in [0, 0.05) is 6.61 Å². The van der Waals surface area contributed by atoms with E-state index in [9.17, 15) is 0 Å². The van der Waals surface area contributed by atoms with Crippen LogP contribution >= 0.6 is 0 Å². The molecular formula is C10H19NO. The Morgan fingerprint density at radius 3 is 3.00 bits per heavy atom. The minimum absolute atomic E-state index is 0.0380. The fraction of sp³-hybridized carbons (Fsp3) is 0.800. The van der Waals surface area contributed by atoms with Crippen LogP contribution in [0.25, 0.3) is 0 Å². The van der Waals surface area contributed by atoms with Gasteiger partial charge in [-0.15, -0.1) is 0 Å². The first-order valence-corrected chi connectivity index (χ1v) is 4.78. The van der Waals surface area contributed by atoms with E-state index in [0.717, 1.165) is 25.9 Å². The van der Waals surface area contributed by atoms with Crippen molar-refractivity contribution in [2.45, 2.75) is 39.3 Å². The van der Waals surface area contributed by atoms with E-state index < -0.39 is 0 Å². The summed E-state index contributed by atoms with van der Waals surface area (Å²) in [5.74, 6) is 0.661. The molecule has 1 fully saturated rings. The summed E-state index contributed by atoms with van der Waals surface area (Å²) in [4.78, 5) is 0. The SMILES string of the molecule is CC/C=C(\C)C1CCOC(N)C1. The number of hydrogen-bond donors (Lipinski definition) is 1. The van der Waals surface area contributed by atoms with Crippen molar-refractivity contribution in [1.82, 2.24) is 0 Å². The maximum absolute atomic E-state index is 5.71. The van der Waals surface area contributed by atoms with E-state index in [-0.39, 0.29) is 6.23 Å². The number of nitrogens with two attached hydrogens (primary N) is 1. The van der Waals surface area contributed by atoms with E-state index in [1.807, 2.05) is 0 Å². The minimum Gasteiger partial charge on any atom is -0.364 e. The van der Waals surface area contributed by atoms with Gasteiger partial charge in [0.15, 0.2) is 0 Å². The van der Waals surface area contributed by atoms with Gasteiger partial charge in [0.05, 0.1) is 0 Å². The third kappa shape index (κ3) is 2.61. The highest BCUT2D eigenvalue weighted by molar-refractivity contribution is 5.04. The van der Waals surface area contributed by atoms with Crippen LogP contribution in [0.5, 0.6) is 0 Å². The summed E-state index contributed by atoms with van der Waals surface area (Å²) in [5.41, 5.74) is 7.19.